The molecule has 1 saturated heterocycles. The lowest BCUT2D eigenvalue weighted by atomic mass is 10.0. The summed E-state index contributed by atoms with van der Waals surface area (Å²) < 4.78 is 0. The van der Waals surface area contributed by atoms with Gasteiger partial charge < -0.3 is 10.2 Å². The van der Waals surface area contributed by atoms with Gasteiger partial charge in [0.25, 0.3) is 0 Å². The van der Waals surface area contributed by atoms with Crippen molar-refractivity contribution in [2.45, 2.75) is 39.7 Å². The Morgan fingerprint density at radius 1 is 1.09 bits per heavy atom. The molecule has 2 amide bonds. The van der Waals surface area contributed by atoms with Gasteiger partial charge in [0.05, 0.1) is 6.04 Å². The lowest BCUT2D eigenvalue weighted by molar-refractivity contribution is 0.207. The molecule has 0 aliphatic carbocycles. The van der Waals surface area contributed by atoms with Crippen molar-refractivity contribution in [3.63, 3.8) is 0 Å². The Hall–Kier alpha value is -2.29. The first-order valence-electron chi connectivity index (χ1n) is 8.26. The maximum Gasteiger partial charge on any atom is 0.322 e. The van der Waals surface area contributed by atoms with E-state index in [1.807, 2.05) is 24.0 Å². The van der Waals surface area contributed by atoms with Crippen LogP contribution >= 0.6 is 0 Å². The van der Waals surface area contributed by atoms with Crippen LogP contribution in [0.4, 0.5) is 10.5 Å². The molecular weight excluding hydrogens is 284 g/mol. The summed E-state index contributed by atoms with van der Waals surface area (Å²) in [6.45, 7) is 7.01. The SMILES string of the molecule is Cc1ccc(C2CCCN2C(=O)Nc2cccc(C)c2C)cc1. The van der Waals surface area contributed by atoms with Crippen LogP contribution in [0, 0.1) is 20.8 Å². The minimum Gasteiger partial charge on any atom is -0.317 e. The minimum absolute atomic E-state index is 0.00164. The summed E-state index contributed by atoms with van der Waals surface area (Å²) in [5.41, 5.74) is 5.71. The molecule has 23 heavy (non-hydrogen) atoms. The van der Waals surface area contributed by atoms with Crippen molar-refractivity contribution in [1.82, 2.24) is 4.90 Å². The molecule has 1 N–H and O–H groups in total. The Balaban J connectivity index is 1.78. The maximum absolute atomic E-state index is 12.7. The highest BCUT2D eigenvalue weighted by Gasteiger charge is 2.30. The summed E-state index contributed by atoms with van der Waals surface area (Å²) in [6.07, 6.45) is 2.09. The Morgan fingerprint density at radius 2 is 1.83 bits per heavy atom. The van der Waals surface area contributed by atoms with Crippen LogP contribution < -0.4 is 5.32 Å². The highest BCUT2D eigenvalue weighted by Crippen LogP contribution is 2.32. The molecule has 0 spiro atoms. The van der Waals surface area contributed by atoms with Crippen LogP contribution in [0.2, 0.25) is 0 Å². The van der Waals surface area contributed by atoms with Crippen LogP contribution in [0.1, 0.15) is 41.1 Å². The summed E-state index contributed by atoms with van der Waals surface area (Å²) in [5.74, 6) is 0. The van der Waals surface area contributed by atoms with Gasteiger partial charge in [-0.05, 0) is 56.4 Å². The highest BCUT2D eigenvalue weighted by molar-refractivity contribution is 5.90. The maximum atomic E-state index is 12.7. The number of hydrogen-bond acceptors (Lipinski definition) is 1. The van der Waals surface area contributed by atoms with Gasteiger partial charge in [-0.15, -0.1) is 0 Å². The Labute approximate surface area is 138 Å². The van der Waals surface area contributed by atoms with Crippen LogP contribution in [0.5, 0.6) is 0 Å². The number of anilines is 1. The van der Waals surface area contributed by atoms with Gasteiger partial charge >= 0.3 is 6.03 Å². The van der Waals surface area contributed by atoms with Crippen LogP contribution in [0.15, 0.2) is 42.5 Å². The van der Waals surface area contributed by atoms with E-state index in [1.54, 1.807) is 0 Å². The third kappa shape index (κ3) is 3.24. The molecular formula is C20H24N2O. The molecule has 1 unspecified atom stereocenters. The average Bonchev–Trinajstić information content (AvgIpc) is 3.02. The van der Waals surface area contributed by atoms with E-state index in [0.29, 0.717) is 0 Å². The number of likely N-dealkylation sites (tertiary alicyclic amines) is 1. The number of benzene rings is 2. The van der Waals surface area contributed by atoms with Gasteiger partial charge in [-0.2, -0.15) is 0 Å². The van der Waals surface area contributed by atoms with Gasteiger partial charge in [-0.1, -0.05) is 42.0 Å². The number of urea groups is 1. The highest BCUT2D eigenvalue weighted by atomic mass is 16.2. The number of aryl methyl sites for hydroxylation is 2. The average molecular weight is 308 g/mol. The van der Waals surface area contributed by atoms with Crippen molar-refractivity contribution in [2.75, 3.05) is 11.9 Å². The van der Waals surface area contributed by atoms with Crippen molar-refractivity contribution in [3.05, 3.63) is 64.7 Å². The summed E-state index contributed by atoms with van der Waals surface area (Å²) in [4.78, 5) is 14.7. The zero-order chi connectivity index (χ0) is 16.4. The fourth-order valence-electron chi connectivity index (χ4n) is 3.22. The number of carbonyl (C=O) groups is 1. The fraction of sp³-hybridized carbons (Fsp3) is 0.350. The molecule has 1 heterocycles. The second-order valence-electron chi connectivity index (χ2n) is 6.44. The van der Waals surface area contributed by atoms with Crippen LogP contribution in [-0.2, 0) is 0 Å². The third-order valence-electron chi connectivity index (χ3n) is 4.82. The Kier molecular flexibility index (Phi) is 4.37. The molecule has 1 fully saturated rings. The van der Waals surface area contributed by atoms with E-state index in [2.05, 4.69) is 49.5 Å². The van der Waals surface area contributed by atoms with Gasteiger partial charge in [-0.3, -0.25) is 0 Å². The fourth-order valence-corrected chi connectivity index (χ4v) is 3.22. The third-order valence-corrected chi connectivity index (χ3v) is 4.82. The number of rotatable bonds is 2. The summed E-state index contributed by atoms with van der Waals surface area (Å²) in [5, 5.41) is 3.09. The molecule has 1 aliphatic rings. The number of amides is 2. The second kappa shape index (κ2) is 6.45. The molecule has 2 aromatic carbocycles. The molecule has 2 aromatic rings. The predicted molar refractivity (Wildman–Crippen MR) is 94.8 cm³/mol. The minimum atomic E-state index is 0.00164. The Bertz CT molecular complexity index is 706. The van der Waals surface area contributed by atoms with E-state index in [-0.39, 0.29) is 12.1 Å². The first kappa shape index (κ1) is 15.6. The van der Waals surface area contributed by atoms with E-state index in [4.69, 9.17) is 0 Å². The number of nitrogens with zero attached hydrogens (tertiary/aromatic N) is 1. The smallest absolute Gasteiger partial charge is 0.317 e. The van der Waals surface area contributed by atoms with Gasteiger partial charge in [0.1, 0.15) is 0 Å². The van der Waals surface area contributed by atoms with E-state index in [0.717, 1.165) is 30.6 Å². The van der Waals surface area contributed by atoms with Gasteiger partial charge in [0, 0.05) is 12.2 Å². The van der Waals surface area contributed by atoms with E-state index < -0.39 is 0 Å². The first-order chi connectivity index (χ1) is 11.1. The lowest BCUT2D eigenvalue weighted by Gasteiger charge is -2.26. The van der Waals surface area contributed by atoms with Crippen LogP contribution in [0.25, 0.3) is 0 Å². The van der Waals surface area contributed by atoms with Crippen molar-refractivity contribution < 1.29 is 4.79 Å². The number of nitrogens with one attached hydrogen (secondary N) is 1. The van der Waals surface area contributed by atoms with Crippen LogP contribution in [-0.4, -0.2) is 17.5 Å². The zero-order valence-electron chi connectivity index (χ0n) is 14.1. The van der Waals surface area contributed by atoms with Gasteiger partial charge in [0.15, 0.2) is 0 Å². The quantitative estimate of drug-likeness (QED) is 0.833. The van der Waals surface area contributed by atoms with E-state index in [1.165, 1.54) is 16.7 Å². The van der Waals surface area contributed by atoms with Crippen molar-refractivity contribution in [2.24, 2.45) is 0 Å². The van der Waals surface area contributed by atoms with Crippen molar-refractivity contribution in [3.8, 4) is 0 Å². The zero-order valence-corrected chi connectivity index (χ0v) is 14.1. The predicted octanol–water partition coefficient (Wildman–Crippen LogP) is 4.98. The lowest BCUT2D eigenvalue weighted by Crippen LogP contribution is -2.34. The van der Waals surface area contributed by atoms with Gasteiger partial charge in [-0.25, -0.2) is 4.79 Å². The molecule has 0 aromatic heterocycles. The topological polar surface area (TPSA) is 32.3 Å². The molecule has 0 bridgehead atoms. The summed E-state index contributed by atoms with van der Waals surface area (Å²) >= 11 is 0. The summed E-state index contributed by atoms with van der Waals surface area (Å²) in [6, 6.07) is 14.7. The number of hydrogen-bond donors (Lipinski definition) is 1. The molecule has 3 heteroatoms. The van der Waals surface area contributed by atoms with Crippen molar-refractivity contribution in [1.29, 1.82) is 0 Å². The largest absolute Gasteiger partial charge is 0.322 e. The molecule has 3 nitrogen and oxygen atoms in total. The number of carbonyl (C=O) groups excluding carboxylic acids is 1. The standard InChI is InChI=1S/C20H24N2O/c1-14-9-11-17(12-10-14)19-8-5-13-22(19)20(23)21-18-7-4-6-15(2)16(18)3/h4,6-7,9-12,19H,5,8,13H2,1-3H3,(H,21,23). The summed E-state index contributed by atoms with van der Waals surface area (Å²) in [7, 11) is 0. The monoisotopic (exact) mass is 308 g/mol. The second-order valence-corrected chi connectivity index (χ2v) is 6.44. The first-order valence-corrected chi connectivity index (χ1v) is 8.26. The van der Waals surface area contributed by atoms with E-state index >= 15 is 0 Å². The van der Waals surface area contributed by atoms with Crippen LogP contribution in [0.3, 0.4) is 0 Å². The molecule has 3 rings (SSSR count). The molecule has 0 saturated carbocycles. The molecule has 0 radical (unpaired) electrons. The molecule has 120 valence electrons. The Morgan fingerprint density at radius 3 is 2.57 bits per heavy atom. The van der Waals surface area contributed by atoms with E-state index in [9.17, 15) is 4.79 Å². The molecule has 1 atom stereocenters. The molecule has 1 aliphatic heterocycles. The van der Waals surface area contributed by atoms with Gasteiger partial charge in [0.2, 0.25) is 0 Å². The van der Waals surface area contributed by atoms with Crippen molar-refractivity contribution >= 4 is 11.7 Å². The normalized spacial score (nSPS) is 17.3.